The summed E-state index contributed by atoms with van der Waals surface area (Å²) in [6.07, 6.45) is 0.0216. The molecule has 0 heterocycles. The van der Waals surface area contributed by atoms with E-state index in [0.717, 1.165) is 11.1 Å². The largest absolute Gasteiger partial charge is 0.455 e. The van der Waals surface area contributed by atoms with Crippen LogP contribution in [0.25, 0.3) is 0 Å². The molecule has 24 heavy (non-hydrogen) atoms. The first kappa shape index (κ1) is 18.3. The van der Waals surface area contributed by atoms with Gasteiger partial charge in [-0.3, -0.25) is 9.59 Å². The standard InChI is InChI=1S/C18H17Cl2NO3/c1-11-3-6-16(12(2)7-11)21-17(22)10-24-18(23)9-13-4-5-14(19)15(20)8-13/h3-8H,9-10H2,1-2H3,(H,21,22). The van der Waals surface area contributed by atoms with Gasteiger partial charge in [-0.2, -0.15) is 0 Å². The summed E-state index contributed by atoms with van der Waals surface area (Å²) in [6.45, 7) is 3.54. The van der Waals surface area contributed by atoms with Crippen LogP contribution in [-0.2, 0) is 20.7 Å². The topological polar surface area (TPSA) is 55.4 Å². The Morgan fingerprint density at radius 2 is 1.79 bits per heavy atom. The van der Waals surface area contributed by atoms with Gasteiger partial charge in [0, 0.05) is 5.69 Å². The number of halogens is 2. The maximum Gasteiger partial charge on any atom is 0.310 e. The zero-order valence-electron chi connectivity index (χ0n) is 13.4. The number of aryl methyl sites for hydroxylation is 2. The molecule has 0 atom stereocenters. The summed E-state index contributed by atoms with van der Waals surface area (Å²) < 4.78 is 4.99. The Balaban J connectivity index is 1.84. The van der Waals surface area contributed by atoms with E-state index in [-0.39, 0.29) is 18.9 Å². The van der Waals surface area contributed by atoms with Gasteiger partial charge in [-0.1, -0.05) is 47.0 Å². The second kappa shape index (κ2) is 8.18. The van der Waals surface area contributed by atoms with Crippen LogP contribution in [0, 0.1) is 13.8 Å². The van der Waals surface area contributed by atoms with Gasteiger partial charge in [-0.25, -0.2) is 0 Å². The third-order valence-electron chi connectivity index (χ3n) is 3.35. The molecule has 126 valence electrons. The lowest BCUT2D eigenvalue weighted by Gasteiger charge is -2.10. The van der Waals surface area contributed by atoms with Crippen molar-refractivity contribution in [2.24, 2.45) is 0 Å². The van der Waals surface area contributed by atoms with E-state index in [9.17, 15) is 9.59 Å². The van der Waals surface area contributed by atoms with E-state index in [0.29, 0.717) is 21.3 Å². The molecule has 0 radical (unpaired) electrons. The van der Waals surface area contributed by atoms with Gasteiger partial charge in [0.1, 0.15) is 0 Å². The zero-order valence-corrected chi connectivity index (χ0v) is 14.9. The van der Waals surface area contributed by atoms with Crippen LogP contribution >= 0.6 is 23.2 Å². The Morgan fingerprint density at radius 1 is 1.04 bits per heavy atom. The fourth-order valence-corrected chi connectivity index (χ4v) is 2.47. The number of nitrogens with one attached hydrogen (secondary N) is 1. The number of carbonyl (C=O) groups excluding carboxylic acids is 2. The molecule has 6 heteroatoms. The van der Waals surface area contributed by atoms with Crippen LogP contribution < -0.4 is 5.32 Å². The van der Waals surface area contributed by atoms with Crippen molar-refractivity contribution in [1.29, 1.82) is 0 Å². The number of ether oxygens (including phenoxy) is 1. The summed E-state index contributed by atoms with van der Waals surface area (Å²) in [5.74, 6) is -0.895. The van der Waals surface area contributed by atoms with Crippen molar-refractivity contribution in [3.05, 3.63) is 63.1 Å². The molecule has 0 aliphatic carbocycles. The molecule has 0 aromatic heterocycles. The maximum absolute atomic E-state index is 11.9. The van der Waals surface area contributed by atoms with Crippen LogP contribution in [0.3, 0.4) is 0 Å². The molecule has 0 fully saturated rings. The first-order valence-electron chi connectivity index (χ1n) is 7.32. The summed E-state index contributed by atoms with van der Waals surface area (Å²) in [6, 6.07) is 10.6. The highest BCUT2D eigenvalue weighted by Gasteiger charge is 2.11. The molecular weight excluding hydrogens is 349 g/mol. The zero-order chi connectivity index (χ0) is 17.7. The number of rotatable bonds is 5. The fraction of sp³-hybridized carbons (Fsp3) is 0.222. The van der Waals surface area contributed by atoms with Crippen molar-refractivity contribution < 1.29 is 14.3 Å². The average molecular weight is 366 g/mol. The van der Waals surface area contributed by atoms with Gasteiger partial charge >= 0.3 is 5.97 Å². The van der Waals surface area contributed by atoms with Crippen molar-refractivity contribution in [3.8, 4) is 0 Å². The second-order valence-electron chi connectivity index (χ2n) is 5.45. The van der Waals surface area contributed by atoms with E-state index in [1.54, 1.807) is 18.2 Å². The monoisotopic (exact) mass is 365 g/mol. The van der Waals surface area contributed by atoms with Gasteiger partial charge in [0.05, 0.1) is 16.5 Å². The number of esters is 1. The van der Waals surface area contributed by atoms with E-state index in [1.807, 2.05) is 32.0 Å². The molecular formula is C18H17Cl2NO3. The second-order valence-corrected chi connectivity index (χ2v) is 6.27. The van der Waals surface area contributed by atoms with Gasteiger partial charge in [0.15, 0.2) is 6.61 Å². The van der Waals surface area contributed by atoms with Crippen LogP contribution in [0.2, 0.25) is 10.0 Å². The normalized spacial score (nSPS) is 10.3. The highest BCUT2D eigenvalue weighted by molar-refractivity contribution is 6.42. The lowest BCUT2D eigenvalue weighted by atomic mass is 10.1. The van der Waals surface area contributed by atoms with Crippen LogP contribution in [0.15, 0.2) is 36.4 Å². The summed E-state index contributed by atoms with van der Waals surface area (Å²) >= 11 is 11.7. The molecule has 0 aliphatic heterocycles. The van der Waals surface area contributed by atoms with Crippen LogP contribution in [0.5, 0.6) is 0 Å². The summed E-state index contributed by atoms with van der Waals surface area (Å²) in [5, 5.41) is 3.51. The minimum absolute atomic E-state index is 0.0216. The molecule has 1 N–H and O–H groups in total. The highest BCUT2D eigenvalue weighted by atomic mass is 35.5. The number of hydrogen-bond acceptors (Lipinski definition) is 3. The lowest BCUT2D eigenvalue weighted by Crippen LogP contribution is -2.22. The minimum Gasteiger partial charge on any atom is -0.455 e. The van der Waals surface area contributed by atoms with Crippen molar-refractivity contribution in [2.45, 2.75) is 20.3 Å². The summed E-state index contributed by atoms with van der Waals surface area (Å²) in [4.78, 5) is 23.7. The number of benzene rings is 2. The number of carbonyl (C=O) groups is 2. The van der Waals surface area contributed by atoms with Crippen molar-refractivity contribution in [2.75, 3.05) is 11.9 Å². The molecule has 0 unspecified atom stereocenters. The molecule has 0 saturated heterocycles. The first-order valence-corrected chi connectivity index (χ1v) is 8.07. The van der Waals surface area contributed by atoms with E-state index < -0.39 is 5.97 Å². The molecule has 4 nitrogen and oxygen atoms in total. The quantitative estimate of drug-likeness (QED) is 0.802. The third-order valence-corrected chi connectivity index (χ3v) is 4.09. The Labute approximate surface area is 150 Å². The average Bonchev–Trinajstić information content (AvgIpc) is 2.52. The van der Waals surface area contributed by atoms with Gasteiger partial charge in [0.2, 0.25) is 0 Å². The minimum atomic E-state index is -0.510. The summed E-state index contributed by atoms with van der Waals surface area (Å²) in [5.41, 5.74) is 3.43. The van der Waals surface area contributed by atoms with E-state index in [2.05, 4.69) is 5.32 Å². The van der Waals surface area contributed by atoms with Gasteiger partial charge < -0.3 is 10.1 Å². The third kappa shape index (κ3) is 5.25. The fourth-order valence-electron chi connectivity index (χ4n) is 2.15. The SMILES string of the molecule is Cc1ccc(NC(=O)COC(=O)Cc2ccc(Cl)c(Cl)c2)c(C)c1. The molecule has 0 aliphatic rings. The smallest absolute Gasteiger partial charge is 0.310 e. The van der Waals surface area contributed by atoms with E-state index >= 15 is 0 Å². The number of hydrogen-bond donors (Lipinski definition) is 1. The van der Waals surface area contributed by atoms with Crippen LogP contribution in [0.4, 0.5) is 5.69 Å². The molecule has 2 aromatic rings. The highest BCUT2D eigenvalue weighted by Crippen LogP contribution is 2.23. The number of anilines is 1. The van der Waals surface area contributed by atoms with Gasteiger partial charge in [0.25, 0.3) is 5.91 Å². The van der Waals surface area contributed by atoms with Crippen molar-refractivity contribution >= 4 is 40.8 Å². The van der Waals surface area contributed by atoms with Crippen LogP contribution in [-0.4, -0.2) is 18.5 Å². The van der Waals surface area contributed by atoms with Crippen molar-refractivity contribution in [3.63, 3.8) is 0 Å². The van der Waals surface area contributed by atoms with E-state index in [1.165, 1.54) is 0 Å². The Kier molecular flexibility index (Phi) is 6.23. The number of amides is 1. The Morgan fingerprint density at radius 3 is 2.46 bits per heavy atom. The predicted octanol–water partition coefficient (Wildman–Crippen LogP) is 4.33. The Bertz CT molecular complexity index is 775. The molecule has 2 aromatic carbocycles. The van der Waals surface area contributed by atoms with Gasteiger partial charge in [-0.15, -0.1) is 0 Å². The maximum atomic E-state index is 11.9. The Hall–Kier alpha value is -2.04. The van der Waals surface area contributed by atoms with Crippen molar-refractivity contribution in [1.82, 2.24) is 0 Å². The van der Waals surface area contributed by atoms with Crippen LogP contribution in [0.1, 0.15) is 16.7 Å². The molecule has 1 amide bonds. The lowest BCUT2D eigenvalue weighted by molar-refractivity contribution is -0.146. The molecule has 0 bridgehead atoms. The molecule has 2 rings (SSSR count). The van der Waals surface area contributed by atoms with Gasteiger partial charge in [-0.05, 0) is 43.2 Å². The predicted molar refractivity (Wildman–Crippen MR) is 95.7 cm³/mol. The molecule has 0 spiro atoms. The summed E-state index contributed by atoms with van der Waals surface area (Å²) in [7, 11) is 0. The van der Waals surface area contributed by atoms with E-state index in [4.69, 9.17) is 27.9 Å². The first-order chi connectivity index (χ1) is 11.3. The molecule has 0 saturated carbocycles.